The molecule has 0 aromatic heterocycles. The standard InChI is InChI=1S/C11H16N4O4/c16-7-5-15(6-8-17)10-3-1-9(2-4-10)12-13-11(18)14-19/h1-4,16-17,19H,5-8H2,(H,14,18). The lowest BCUT2D eigenvalue weighted by Gasteiger charge is -2.22. The summed E-state index contributed by atoms with van der Waals surface area (Å²) in [5, 5.41) is 32.9. The average Bonchev–Trinajstić information content (AvgIpc) is 2.45. The highest BCUT2D eigenvalue weighted by Gasteiger charge is 2.05. The minimum absolute atomic E-state index is 0.0157. The number of azo groups is 1. The van der Waals surface area contributed by atoms with Gasteiger partial charge in [0.15, 0.2) is 0 Å². The third-order valence-corrected chi connectivity index (χ3v) is 2.31. The summed E-state index contributed by atoms with van der Waals surface area (Å²) in [6.45, 7) is 0.791. The Hall–Kier alpha value is -2.03. The van der Waals surface area contributed by atoms with Gasteiger partial charge in [0.05, 0.1) is 18.9 Å². The van der Waals surface area contributed by atoms with Crippen molar-refractivity contribution in [1.29, 1.82) is 0 Å². The second-order valence-electron chi connectivity index (χ2n) is 3.57. The molecule has 104 valence electrons. The molecule has 8 heteroatoms. The summed E-state index contributed by atoms with van der Waals surface area (Å²) in [7, 11) is 0. The fraction of sp³-hybridized carbons (Fsp3) is 0.364. The monoisotopic (exact) mass is 268 g/mol. The number of rotatable bonds is 6. The number of carbonyl (C=O) groups excluding carboxylic acids is 1. The van der Waals surface area contributed by atoms with Gasteiger partial charge in [-0.05, 0) is 24.3 Å². The Labute approximate surface area is 110 Å². The first kappa shape index (κ1) is 15.0. The van der Waals surface area contributed by atoms with Gasteiger partial charge in [-0.3, -0.25) is 5.21 Å². The number of carbonyl (C=O) groups is 1. The number of nitrogens with zero attached hydrogens (tertiary/aromatic N) is 3. The Kier molecular flexibility index (Phi) is 6.44. The maximum absolute atomic E-state index is 10.6. The van der Waals surface area contributed by atoms with E-state index < -0.39 is 6.03 Å². The van der Waals surface area contributed by atoms with Crippen molar-refractivity contribution in [3.8, 4) is 0 Å². The van der Waals surface area contributed by atoms with Crippen molar-refractivity contribution < 1.29 is 20.2 Å². The molecular formula is C11H16N4O4. The molecule has 2 amide bonds. The molecule has 8 nitrogen and oxygen atoms in total. The van der Waals surface area contributed by atoms with E-state index in [-0.39, 0.29) is 13.2 Å². The smallest absolute Gasteiger partial charge is 0.383 e. The van der Waals surface area contributed by atoms with Crippen molar-refractivity contribution in [3.05, 3.63) is 24.3 Å². The van der Waals surface area contributed by atoms with Crippen molar-refractivity contribution in [2.45, 2.75) is 0 Å². The Balaban J connectivity index is 2.73. The fourth-order valence-corrected chi connectivity index (χ4v) is 1.47. The van der Waals surface area contributed by atoms with E-state index >= 15 is 0 Å². The highest BCUT2D eigenvalue weighted by Crippen LogP contribution is 2.19. The number of benzene rings is 1. The van der Waals surface area contributed by atoms with E-state index in [1.807, 2.05) is 0 Å². The van der Waals surface area contributed by atoms with Crippen LogP contribution in [0.2, 0.25) is 0 Å². The van der Waals surface area contributed by atoms with Crippen LogP contribution < -0.4 is 10.4 Å². The van der Waals surface area contributed by atoms with Crippen LogP contribution in [0, 0.1) is 0 Å². The molecule has 0 bridgehead atoms. The lowest BCUT2D eigenvalue weighted by atomic mass is 10.2. The Morgan fingerprint density at radius 2 is 1.74 bits per heavy atom. The summed E-state index contributed by atoms with van der Waals surface area (Å²) < 4.78 is 0. The number of aliphatic hydroxyl groups excluding tert-OH is 2. The predicted molar refractivity (Wildman–Crippen MR) is 67.7 cm³/mol. The molecule has 0 saturated heterocycles. The van der Waals surface area contributed by atoms with Crippen molar-refractivity contribution in [1.82, 2.24) is 5.48 Å². The summed E-state index contributed by atoms with van der Waals surface area (Å²) in [6, 6.07) is 5.77. The molecule has 0 aliphatic heterocycles. The van der Waals surface area contributed by atoms with Gasteiger partial charge in [0.1, 0.15) is 0 Å². The minimum atomic E-state index is -0.953. The van der Waals surface area contributed by atoms with Crippen LogP contribution in [-0.2, 0) is 0 Å². The van der Waals surface area contributed by atoms with E-state index in [0.717, 1.165) is 5.69 Å². The van der Waals surface area contributed by atoms with Gasteiger partial charge in [-0.2, -0.15) is 0 Å². The number of urea groups is 1. The number of hydrogen-bond acceptors (Lipinski definition) is 6. The van der Waals surface area contributed by atoms with E-state index in [4.69, 9.17) is 15.4 Å². The third-order valence-electron chi connectivity index (χ3n) is 2.31. The molecule has 0 fully saturated rings. The van der Waals surface area contributed by atoms with Crippen molar-refractivity contribution in [2.75, 3.05) is 31.2 Å². The van der Waals surface area contributed by atoms with Gasteiger partial charge in [-0.1, -0.05) is 5.11 Å². The summed E-state index contributed by atoms with van der Waals surface area (Å²) >= 11 is 0. The van der Waals surface area contributed by atoms with Crippen LogP contribution in [0.25, 0.3) is 0 Å². The maximum Gasteiger partial charge on any atom is 0.383 e. The van der Waals surface area contributed by atoms with Gasteiger partial charge in [0, 0.05) is 18.8 Å². The zero-order valence-corrected chi connectivity index (χ0v) is 10.2. The van der Waals surface area contributed by atoms with Crippen molar-refractivity contribution in [3.63, 3.8) is 0 Å². The molecule has 0 aliphatic carbocycles. The van der Waals surface area contributed by atoms with Crippen molar-refractivity contribution >= 4 is 17.4 Å². The molecule has 1 aromatic carbocycles. The highest BCUT2D eigenvalue weighted by atomic mass is 16.5. The molecule has 1 rings (SSSR count). The lowest BCUT2D eigenvalue weighted by molar-refractivity contribution is 0.168. The first-order valence-corrected chi connectivity index (χ1v) is 5.63. The Bertz CT molecular complexity index is 415. The largest absolute Gasteiger partial charge is 0.395 e. The normalized spacial score (nSPS) is 10.7. The number of amides is 2. The Morgan fingerprint density at radius 1 is 1.16 bits per heavy atom. The van der Waals surface area contributed by atoms with Crippen LogP contribution in [-0.4, -0.2) is 47.8 Å². The topological polar surface area (TPSA) is 118 Å². The van der Waals surface area contributed by atoms with Crippen LogP contribution in [0.1, 0.15) is 0 Å². The van der Waals surface area contributed by atoms with Gasteiger partial charge in [0.2, 0.25) is 0 Å². The molecule has 4 N–H and O–H groups in total. The van der Waals surface area contributed by atoms with Gasteiger partial charge < -0.3 is 15.1 Å². The number of nitrogens with one attached hydrogen (secondary N) is 1. The van der Waals surface area contributed by atoms with E-state index in [0.29, 0.717) is 18.8 Å². The highest BCUT2D eigenvalue weighted by molar-refractivity contribution is 5.73. The van der Waals surface area contributed by atoms with E-state index in [1.54, 1.807) is 29.2 Å². The molecular weight excluding hydrogens is 252 g/mol. The molecule has 0 saturated carbocycles. The molecule has 0 unspecified atom stereocenters. The van der Waals surface area contributed by atoms with Gasteiger partial charge in [-0.25, -0.2) is 10.3 Å². The molecule has 0 atom stereocenters. The summed E-state index contributed by atoms with van der Waals surface area (Å²) in [4.78, 5) is 12.5. The number of hydroxylamine groups is 1. The minimum Gasteiger partial charge on any atom is -0.395 e. The van der Waals surface area contributed by atoms with E-state index in [2.05, 4.69) is 10.2 Å². The number of aliphatic hydroxyl groups is 2. The molecule has 19 heavy (non-hydrogen) atoms. The second-order valence-corrected chi connectivity index (χ2v) is 3.57. The summed E-state index contributed by atoms with van der Waals surface area (Å²) in [5.41, 5.74) is 2.59. The second kappa shape index (κ2) is 8.14. The first-order chi connectivity index (χ1) is 9.21. The van der Waals surface area contributed by atoms with Crippen LogP contribution in [0.5, 0.6) is 0 Å². The zero-order valence-electron chi connectivity index (χ0n) is 10.2. The van der Waals surface area contributed by atoms with Crippen LogP contribution in [0.4, 0.5) is 16.2 Å². The van der Waals surface area contributed by atoms with E-state index in [9.17, 15) is 4.79 Å². The molecule has 1 aromatic rings. The van der Waals surface area contributed by atoms with Gasteiger partial charge in [0.25, 0.3) is 0 Å². The molecule has 0 radical (unpaired) electrons. The quantitative estimate of drug-likeness (QED) is 0.343. The first-order valence-electron chi connectivity index (χ1n) is 5.63. The summed E-state index contributed by atoms with van der Waals surface area (Å²) in [5.74, 6) is 0. The van der Waals surface area contributed by atoms with Crippen LogP contribution in [0.3, 0.4) is 0 Å². The summed E-state index contributed by atoms with van der Waals surface area (Å²) in [6.07, 6.45) is 0. The third kappa shape index (κ3) is 5.00. The number of hydrogen-bond donors (Lipinski definition) is 4. The predicted octanol–water partition coefficient (Wildman–Crippen LogP) is 0.660. The molecule has 0 heterocycles. The zero-order chi connectivity index (χ0) is 14.1. The van der Waals surface area contributed by atoms with Gasteiger partial charge in [-0.15, -0.1) is 5.11 Å². The maximum atomic E-state index is 10.6. The molecule has 0 spiro atoms. The lowest BCUT2D eigenvalue weighted by Crippen LogP contribution is -2.29. The Morgan fingerprint density at radius 3 is 2.21 bits per heavy atom. The van der Waals surface area contributed by atoms with E-state index in [1.165, 1.54) is 5.48 Å². The number of anilines is 1. The van der Waals surface area contributed by atoms with Crippen LogP contribution >= 0.6 is 0 Å². The fourth-order valence-electron chi connectivity index (χ4n) is 1.47. The average molecular weight is 268 g/mol. The van der Waals surface area contributed by atoms with Gasteiger partial charge >= 0.3 is 6.03 Å². The van der Waals surface area contributed by atoms with Crippen LogP contribution in [0.15, 0.2) is 34.5 Å². The SMILES string of the molecule is O=C(N=Nc1ccc(N(CCO)CCO)cc1)NO. The van der Waals surface area contributed by atoms with Crippen molar-refractivity contribution in [2.24, 2.45) is 10.2 Å². The molecule has 0 aliphatic rings.